The largest absolute Gasteiger partial charge is 0.495 e. The van der Waals surface area contributed by atoms with Gasteiger partial charge in [0.15, 0.2) is 0 Å². The maximum atomic E-state index is 14.5. The molecule has 0 aliphatic carbocycles. The van der Waals surface area contributed by atoms with Crippen molar-refractivity contribution in [2.45, 2.75) is 44.2 Å². The third kappa shape index (κ3) is 8.44. The van der Waals surface area contributed by atoms with Gasteiger partial charge in [0.05, 0.1) is 22.7 Å². The van der Waals surface area contributed by atoms with Crippen molar-refractivity contribution in [3.8, 4) is 5.75 Å². The first kappa shape index (κ1) is 33.6. The van der Waals surface area contributed by atoms with Crippen LogP contribution in [0.2, 0.25) is 5.02 Å². The summed E-state index contributed by atoms with van der Waals surface area (Å²) in [5.74, 6) is -0.495. The topological polar surface area (TPSA) is 96.0 Å². The summed E-state index contributed by atoms with van der Waals surface area (Å²) in [7, 11) is -2.77. The second-order valence-electron chi connectivity index (χ2n) is 10.6. The fraction of sp³-hybridized carbons (Fsp3) is 0.257. The number of nitrogens with zero attached hydrogens (tertiary/aromatic N) is 2. The third-order valence-electron chi connectivity index (χ3n) is 7.46. The summed E-state index contributed by atoms with van der Waals surface area (Å²) < 4.78 is 34.5. The summed E-state index contributed by atoms with van der Waals surface area (Å²) in [5.41, 5.74) is 2.84. The van der Waals surface area contributed by atoms with E-state index in [4.69, 9.17) is 16.3 Å². The highest BCUT2D eigenvalue weighted by molar-refractivity contribution is 7.92. The summed E-state index contributed by atoms with van der Waals surface area (Å²) in [6.45, 7) is 3.86. The van der Waals surface area contributed by atoms with Crippen molar-refractivity contribution in [3.05, 3.63) is 125 Å². The lowest BCUT2D eigenvalue weighted by Gasteiger charge is -2.34. The molecule has 10 heteroatoms. The Labute approximate surface area is 270 Å². The highest BCUT2D eigenvalue weighted by Crippen LogP contribution is 2.32. The third-order valence-corrected chi connectivity index (χ3v) is 9.54. The van der Waals surface area contributed by atoms with Crippen molar-refractivity contribution < 1.29 is 22.7 Å². The zero-order chi connectivity index (χ0) is 32.4. The Kier molecular flexibility index (Phi) is 11.6. The predicted octanol–water partition coefficient (Wildman–Crippen LogP) is 6.02. The molecule has 0 aromatic heterocycles. The van der Waals surface area contributed by atoms with Gasteiger partial charge in [-0.15, -0.1) is 0 Å². The molecule has 45 heavy (non-hydrogen) atoms. The van der Waals surface area contributed by atoms with Gasteiger partial charge in [-0.3, -0.25) is 13.9 Å². The molecule has 0 bridgehead atoms. The summed E-state index contributed by atoms with van der Waals surface area (Å²) in [6, 6.07) is 28.6. The molecule has 0 unspecified atom stereocenters. The van der Waals surface area contributed by atoms with Crippen LogP contribution >= 0.6 is 11.6 Å². The number of benzene rings is 4. The zero-order valence-electron chi connectivity index (χ0n) is 25.6. The molecule has 1 atom stereocenters. The van der Waals surface area contributed by atoms with Gasteiger partial charge in [-0.2, -0.15) is 0 Å². The predicted molar refractivity (Wildman–Crippen MR) is 178 cm³/mol. The maximum absolute atomic E-state index is 14.5. The molecule has 0 heterocycles. The van der Waals surface area contributed by atoms with E-state index in [-0.39, 0.29) is 34.5 Å². The molecule has 2 amide bonds. The summed E-state index contributed by atoms with van der Waals surface area (Å²) >= 11 is 6.43. The van der Waals surface area contributed by atoms with Gasteiger partial charge < -0.3 is 15.0 Å². The molecule has 0 radical (unpaired) electrons. The summed E-state index contributed by atoms with van der Waals surface area (Å²) in [6.07, 6.45) is 0.963. The number of ether oxygens (including phenoxy) is 1. The molecule has 0 aliphatic rings. The smallest absolute Gasteiger partial charge is 0.264 e. The minimum absolute atomic E-state index is 0.0109. The number of rotatable bonds is 14. The highest BCUT2D eigenvalue weighted by atomic mass is 35.5. The molecular weight excluding hydrogens is 610 g/mol. The number of aryl methyl sites for hydroxylation is 1. The van der Waals surface area contributed by atoms with E-state index < -0.39 is 28.5 Å². The average molecular weight is 648 g/mol. The Morgan fingerprint density at radius 2 is 1.56 bits per heavy atom. The molecule has 0 spiro atoms. The number of carbonyl (C=O) groups excluding carboxylic acids is 2. The molecule has 4 aromatic carbocycles. The average Bonchev–Trinajstić information content (AvgIpc) is 3.05. The van der Waals surface area contributed by atoms with Crippen LogP contribution in [0.25, 0.3) is 0 Å². The Morgan fingerprint density at radius 3 is 2.18 bits per heavy atom. The first-order chi connectivity index (χ1) is 21.6. The number of halogens is 1. The van der Waals surface area contributed by atoms with Crippen LogP contribution in [0, 0.1) is 6.92 Å². The van der Waals surface area contributed by atoms with Crippen LogP contribution in [-0.4, -0.2) is 51.4 Å². The van der Waals surface area contributed by atoms with Crippen molar-refractivity contribution in [2.75, 3.05) is 24.5 Å². The lowest BCUT2D eigenvalue weighted by Crippen LogP contribution is -2.53. The molecule has 0 aliphatic heterocycles. The molecule has 1 N–H and O–H groups in total. The number of sulfonamides is 1. The van der Waals surface area contributed by atoms with Crippen LogP contribution in [-0.2, 0) is 32.6 Å². The molecule has 0 saturated carbocycles. The summed E-state index contributed by atoms with van der Waals surface area (Å²) in [5, 5.41) is 3.14. The van der Waals surface area contributed by atoms with Gasteiger partial charge >= 0.3 is 0 Å². The van der Waals surface area contributed by atoms with Crippen molar-refractivity contribution >= 4 is 39.1 Å². The van der Waals surface area contributed by atoms with Gasteiger partial charge in [0.1, 0.15) is 18.3 Å². The minimum Gasteiger partial charge on any atom is -0.495 e. The number of methoxy groups -OCH3 is 1. The number of anilines is 1. The Balaban J connectivity index is 1.82. The fourth-order valence-corrected chi connectivity index (χ4v) is 6.63. The van der Waals surface area contributed by atoms with Gasteiger partial charge in [-0.05, 0) is 60.4 Å². The van der Waals surface area contributed by atoms with Gasteiger partial charge in [-0.1, -0.05) is 91.3 Å². The van der Waals surface area contributed by atoms with E-state index in [0.29, 0.717) is 12.3 Å². The molecule has 0 saturated heterocycles. The fourth-order valence-electron chi connectivity index (χ4n) is 4.95. The zero-order valence-corrected chi connectivity index (χ0v) is 27.2. The van der Waals surface area contributed by atoms with Gasteiger partial charge in [0.2, 0.25) is 11.8 Å². The first-order valence-corrected chi connectivity index (χ1v) is 16.5. The van der Waals surface area contributed by atoms with Gasteiger partial charge in [-0.25, -0.2) is 8.42 Å². The van der Waals surface area contributed by atoms with E-state index in [2.05, 4.69) is 5.32 Å². The van der Waals surface area contributed by atoms with Crippen molar-refractivity contribution in [1.82, 2.24) is 10.2 Å². The van der Waals surface area contributed by atoms with E-state index in [1.807, 2.05) is 68.4 Å². The number of nitrogens with one attached hydrogen (secondary N) is 1. The molecule has 4 rings (SSSR count). The number of amides is 2. The Bertz CT molecular complexity index is 1700. The number of carbonyl (C=O) groups is 2. The molecule has 0 fully saturated rings. The van der Waals surface area contributed by atoms with Crippen molar-refractivity contribution in [1.29, 1.82) is 0 Å². The highest BCUT2D eigenvalue weighted by Gasteiger charge is 2.35. The van der Waals surface area contributed by atoms with E-state index in [1.165, 1.54) is 30.2 Å². The molecule has 236 valence electrons. The van der Waals surface area contributed by atoms with Gasteiger partial charge in [0, 0.05) is 19.5 Å². The van der Waals surface area contributed by atoms with Crippen LogP contribution in [0.3, 0.4) is 0 Å². The van der Waals surface area contributed by atoms with E-state index in [9.17, 15) is 18.0 Å². The van der Waals surface area contributed by atoms with E-state index in [1.54, 1.807) is 30.3 Å². The van der Waals surface area contributed by atoms with Gasteiger partial charge in [0.25, 0.3) is 10.0 Å². The SMILES string of the molecule is CCCNC(=O)[C@H](Cc1ccccc1)N(Cc1ccccc1C)C(=O)CN(c1ccc(OC)c(Cl)c1)S(=O)(=O)c1ccccc1. The van der Waals surface area contributed by atoms with Crippen molar-refractivity contribution in [2.24, 2.45) is 0 Å². The summed E-state index contributed by atoms with van der Waals surface area (Å²) in [4.78, 5) is 29.8. The molecular formula is C35H38ClN3O5S. The number of hydrogen-bond donors (Lipinski definition) is 1. The number of hydrogen-bond acceptors (Lipinski definition) is 5. The van der Waals surface area contributed by atoms with Crippen LogP contribution in [0.15, 0.2) is 108 Å². The van der Waals surface area contributed by atoms with E-state index in [0.717, 1.165) is 27.4 Å². The maximum Gasteiger partial charge on any atom is 0.264 e. The van der Waals surface area contributed by atoms with Crippen LogP contribution in [0.4, 0.5) is 5.69 Å². The molecule has 8 nitrogen and oxygen atoms in total. The quantitative estimate of drug-likeness (QED) is 0.181. The monoisotopic (exact) mass is 647 g/mol. The second kappa shape index (κ2) is 15.6. The second-order valence-corrected chi connectivity index (χ2v) is 12.9. The van der Waals surface area contributed by atoms with Crippen LogP contribution in [0.5, 0.6) is 5.75 Å². The van der Waals surface area contributed by atoms with Crippen LogP contribution in [0.1, 0.15) is 30.0 Å². The standard InChI is InChI=1S/C35H38ClN3O5S/c1-4-21-37-35(41)32(22-27-14-7-5-8-15-27)38(24-28-16-12-11-13-26(28)2)34(40)25-39(29-19-20-33(44-3)31(36)23-29)45(42,43)30-17-9-6-10-18-30/h5-20,23,32H,4,21-22,24-25H2,1-3H3,(H,37,41)/t32-/m0/s1. The lowest BCUT2D eigenvalue weighted by atomic mass is 10.0. The first-order valence-electron chi connectivity index (χ1n) is 14.7. The normalized spacial score (nSPS) is 11.8. The minimum atomic E-state index is -4.23. The Hall–Kier alpha value is -4.34. The lowest BCUT2D eigenvalue weighted by molar-refractivity contribution is -0.140. The van der Waals surface area contributed by atoms with Crippen molar-refractivity contribution in [3.63, 3.8) is 0 Å². The Morgan fingerprint density at radius 1 is 0.911 bits per heavy atom. The van der Waals surface area contributed by atoms with E-state index >= 15 is 0 Å². The van der Waals surface area contributed by atoms with Crippen LogP contribution < -0.4 is 14.4 Å². The molecule has 4 aromatic rings.